The third-order valence-corrected chi connectivity index (χ3v) is 6.91. The monoisotopic (exact) mass is 464 g/mol. The third-order valence-electron chi connectivity index (χ3n) is 6.91. The molecule has 0 radical (unpaired) electrons. The van der Waals surface area contributed by atoms with Gasteiger partial charge < -0.3 is 15.7 Å². The van der Waals surface area contributed by atoms with Crippen LogP contribution in [0.4, 0.5) is 0 Å². The number of hydrogen-bond acceptors (Lipinski definition) is 2. The normalized spacial score (nSPS) is 11.2. The Morgan fingerprint density at radius 1 is 0.722 bits per heavy atom. The number of rotatable bonds is 5. The van der Waals surface area contributed by atoms with E-state index in [2.05, 4.69) is 59.7 Å². The summed E-state index contributed by atoms with van der Waals surface area (Å²) in [6.07, 6.45) is 3.20. The van der Waals surface area contributed by atoms with Crippen LogP contribution in [0.3, 0.4) is 0 Å². The lowest BCUT2D eigenvalue weighted by Gasteiger charge is -2.18. The molecule has 0 bridgehead atoms. The number of nitrogens with one attached hydrogen (secondary N) is 2. The fraction of sp³-hybridized carbons (Fsp3) is 0. The van der Waals surface area contributed by atoms with Gasteiger partial charge >= 0.3 is 0 Å². The van der Waals surface area contributed by atoms with Crippen molar-refractivity contribution in [3.05, 3.63) is 120 Å². The van der Waals surface area contributed by atoms with Crippen molar-refractivity contribution in [3.63, 3.8) is 0 Å². The molecule has 4 heteroatoms. The fourth-order valence-corrected chi connectivity index (χ4v) is 5.41. The molecule has 5 aromatic carbocycles. The van der Waals surface area contributed by atoms with Gasteiger partial charge in [0.05, 0.1) is 11.2 Å². The molecule has 6 aromatic rings. The first-order valence-corrected chi connectivity index (χ1v) is 11.8. The molecule has 0 saturated heterocycles. The van der Waals surface area contributed by atoms with Gasteiger partial charge in [-0.25, -0.2) is 0 Å². The Morgan fingerprint density at radius 3 is 1.89 bits per heavy atom. The Hall–Kier alpha value is -4.96. The van der Waals surface area contributed by atoms with Crippen LogP contribution in [0.15, 0.2) is 104 Å². The van der Waals surface area contributed by atoms with Crippen LogP contribution in [0.2, 0.25) is 0 Å². The van der Waals surface area contributed by atoms with Gasteiger partial charge in [0.25, 0.3) is 0 Å². The summed E-state index contributed by atoms with van der Waals surface area (Å²) in [5, 5.41) is 21.7. The molecule has 4 nitrogen and oxygen atoms in total. The van der Waals surface area contributed by atoms with Gasteiger partial charge in [0.15, 0.2) is 0 Å². The van der Waals surface area contributed by atoms with E-state index in [9.17, 15) is 0 Å². The number of hydrogen-bond donors (Lipinski definition) is 3. The Morgan fingerprint density at radius 2 is 1.28 bits per heavy atom. The first kappa shape index (κ1) is 21.6. The molecule has 4 N–H and O–H groups in total. The lowest BCUT2D eigenvalue weighted by Crippen LogP contribution is -2.13. The minimum Gasteiger partial charge on any atom is -0.384 e. The molecule has 0 amide bonds. The maximum atomic E-state index is 8.47. The van der Waals surface area contributed by atoms with Crippen LogP contribution in [-0.2, 0) is 0 Å². The molecule has 0 aliphatic rings. The van der Waals surface area contributed by atoms with Crippen molar-refractivity contribution in [2.24, 2.45) is 5.73 Å². The molecular formula is C32H24N4. The Bertz CT molecular complexity index is 1840. The summed E-state index contributed by atoms with van der Waals surface area (Å²) in [7, 11) is 0. The quantitative estimate of drug-likeness (QED) is 0.138. The second-order valence-corrected chi connectivity index (χ2v) is 8.80. The number of nitrogens with two attached hydrogens (primary N) is 1. The number of benzene rings is 5. The number of nitrogens with zero attached hydrogens (tertiary/aromatic N) is 1. The van der Waals surface area contributed by atoms with E-state index in [1.165, 1.54) is 6.21 Å². The van der Waals surface area contributed by atoms with Crippen molar-refractivity contribution in [2.75, 3.05) is 0 Å². The van der Waals surface area contributed by atoms with Gasteiger partial charge in [-0.05, 0) is 51.4 Å². The average molecular weight is 465 g/mol. The largest absolute Gasteiger partial charge is 0.384 e. The van der Waals surface area contributed by atoms with Crippen molar-refractivity contribution in [2.45, 2.75) is 0 Å². The number of amidine groups is 1. The van der Waals surface area contributed by atoms with E-state index in [-0.39, 0.29) is 5.84 Å². The maximum absolute atomic E-state index is 8.47. The van der Waals surface area contributed by atoms with Crippen molar-refractivity contribution in [3.8, 4) is 16.8 Å². The molecule has 6 rings (SSSR count). The van der Waals surface area contributed by atoms with Crippen LogP contribution in [0.25, 0.3) is 55.3 Å². The van der Waals surface area contributed by atoms with Gasteiger partial charge in [-0.1, -0.05) is 85.4 Å². The van der Waals surface area contributed by atoms with E-state index < -0.39 is 0 Å². The van der Waals surface area contributed by atoms with Gasteiger partial charge in [0.1, 0.15) is 5.84 Å². The highest BCUT2D eigenvalue weighted by molar-refractivity contribution is 6.24. The van der Waals surface area contributed by atoms with Crippen LogP contribution in [0, 0.1) is 10.8 Å². The molecule has 0 spiro atoms. The summed E-state index contributed by atoms with van der Waals surface area (Å²) in [5.74, 6) is 0.0528. The molecule has 36 heavy (non-hydrogen) atoms. The van der Waals surface area contributed by atoms with E-state index in [1.807, 2.05) is 48.5 Å². The third kappa shape index (κ3) is 3.08. The average Bonchev–Trinajstić information content (AvgIpc) is 3.25. The first-order valence-electron chi connectivity index (χ1n) is 11.8. The predicted octanol–water partition coefficient (Wildman–Crippen LogP) is 7.53. The summed E-state index contributed by atoms with van der Waals surface area (Å²) in [4.78, 5) is 0. The van der Waals surface area contributed by atoms with E-state index in [4.69, 9.17) is 16.6 Å². The van der Waals surface area contributed by atoms with E-state index in [0.717, 1.165) is 66.1 Å². The summed E-state index contributed by atoms with van der Waals surface area (Å²) in [5.41, 5.74) is 12.6. The number of nitrogen functional groups attached to an aromatic ring is 1. The zero-order valence-corrected chi connectivity index (χ0v) is 19.6. The number of aromatic nitrogens is 1. The summed E-state index contributed by atoms with van der Waals surface area (Å²) < 4.78 is 2.14. The van der Waals surface area contributed by atoms with Crippen molar-refractivity contribution in [1.82, 2.24) is 4.57 Å². The fourth-order valence-electron chi connectivity index (χ4n) is 5.41. The van der Waals surface area contributed by atoms with E-state index in [1.54, 1.807) is 6.08 Å². The predicted molar refractivity (Wildman–Crippen MR) is 153 cm³/mol. The van der Waals surface area contributed by atoms with Crippen LogP contribution >= 0.6 is 0 Å². The SMILES string of the molecule is C=Cc1c(C=N)c2ccccc2n1-c1ccc(-c2c(C(=N)N)c3ccccc3c3ccccc23)cc1. The van der Waals surface area contributed by atoms with Crippen LogP contribution in [-0.4, -0.2) is 16.6 Å². The highest BCUT2D eigenvalue weighted by Crippen LogP contribution is 2.39. The number of fused-ring (bicyclic) bond motifs is 4. The summed E-state index contributed by atoms with van der Waals surface area (Å²) in [6, 6.07) is 32.9. The Balaban J connectivity index is 1.63. The zero-order chi connectivity index (χ0) is 24.8. The molecule has 172 valence electrons. The van der Waals surface area contributed by atoms with Crippen molar-refractivity contribution >= 4 is 50.6 Å². The van der Waals surface area contributed by atoms with Crippen molar-refractivity contribution in [1.29, 1.82) is 10.8 Å². The Kier molecular flexibility index (Phi) is 5.01. The lowest BCUT2D eigenvalue weighted by molar-refractivity contribution is 1.11. The van der Waals surface area contributed by atoms with E-state index >= 15 is 0 Å². The lowest BCUT2D eigenvalue weighted by atomic mass is 9.87. The second-order valence-electron chi connectivity index (χ2n) is 8.80. The van der Waals surface area contributed by atoms with Gasteiger partial charge in [0.2, 0.25) is 0 Å². The highest BCUT2D eigenvalue weighted by Gasteiger charge is 2.19. The molecule has 0 unspecified atom stereocenters. The van der Waals surface area contributed by atoms with Gasteiger partial charge in [0, 0.05) is 34.0 Å². The van der Waals surface area contributed by atoms with Gasteiger partial charge in [-0.2, -0.15) is 0 Å². The Labute approximate surface area is 208 Å². The molecule has 1 heterocycles. The highest BCUT2D eigenvalue weighted by atomic mass is 15.0. The molecule has 0 fully saturated rings. The first-order chi connectivity index (χ1) is 17.6. The van der Waals surface area contributed by atoms with Crippen LogP contribution in [0.1, 0.15) is 16.8 Å². The van der Waals surface area contributed by atoms with Crippen LogP contribution < -0.4 is 5.73 Å². The smallest absolute Gasteiger partial charge is 0.124 e. The van der Waals surface area contributed by atoms with Gasteiger partial charge in [-0.3, -0.25) is 5.41 Å². The summed E-state index contributed by atoms with van der Waals surface area (Å²) >= 11 is 0. The molecule has 0 aliphatic carbocycles. The molecule has 0 aliphatic heterocycles. The molecule has 1 aromatic heterocycles. The molecule has 0 atom stereocenters. The molecule has 0 saturated carbocycles. The van der Waals surface area contributed by atoms with Crippen molar-refractivity contribution < 1.29 is 0 Å². The molecular weight excluding hydrogens is 440 g/mol. The number of para-hydroxylation sites is 1. The van der Waals surface area contributed by atoms with E-state index in [0.29, 0.717) is 0 Å². The second kappa shape index (κ2) is 8.36. The van der Waals surface area contributed by atoms with Crippen LogP contribution in [0.5, 0.6) is 0 Å². The minimum atomic E-state index is 0.0528. The zero-order valence-electron chi connectivity index (χ0n) is 19.6. The maximum Gasteiger partial charge on any atom is 0.124 e. The minimum absolute atomic E-state index is 0.0528. The standard InChI is InChI=1S/C32H24N4/c1-2-28-27(19-33)24-11-7-8-14-29(24)36(28)21-17-15-20(16-18-21)30-25-12-5-3-9-22(25)23-10-4-6-13-26(23)31(30)32(34)35/h2-19,33H,1H2,(H3,34,35). The topological polar surface area (TPSA) is 78.7 Å². The summed E-state index contributed by atoms with van der Waals surface area (Å²) in [6.45, 7) is 4.02. The van der Waals surface area contributed by atoms with Gasteiger partial charge in [-0.15, -0.1) is 0 Å².